The van der Waals surface area contributed by atoms with Crippen LogP contribution in [0.25, 0.3) is 0 Å². The van der Waals surface area contributed by atoms with Gasteiger partial charge in [-0.3, -0.25) is 4.79 Å². The molecule has 1 unspecified atom stereocenters. The zero-order chi connectivity index (χ0) is 8.72. The average Bonchev–Trinajstić information content (AvgIpc) is 2.29. The first kappa shape index (κ1) is 7.21. The number of amides is 1. The monoisotopic (exact) mass is 169 g/mol. The molecule has 1 aromatic rings. The molecule has 12 heavy (non-hydrogen) atoms. The molecule has 1 aromatic carbocycles. The Kier molecular flexibility index (Phi) is 1.36. The van der Waals surface area contributed by atoms with Gasteiger partial charge in [-0.2, -0.15) is 0 Å². The Morgan fingerprint density at radius 3 is 2.83 bits per heavy atom. The van der Waals surface area contributed by atoms with Crippen molar-refractivity contribution < 1.29 is 13.6 Å². The van der Waals surface area contributed by atoms with Gasteiger partial charge in [0, 0.05) is 0 Å². The van der Waals surface area contributed by atoms with Gasteiger partial charge in [0.2, 0.25) is 6.30 Å². The van der Waals surface area contributed by atoms with E-state index in [1.165, 1.54) is 12.1 Å². The molecule has 0 radical (unpaired) electrons. The number of hydrogen-bond acceptors (Lipinski definition) is 1. The normalized spacial score (nSPS) is 20.5. The lowest BCUT2D eigenvalue weighted by Gasteiger charge is -1.99. The van der Waals surface area contributed by atoms with Gasteiger partial charge in [0.25, 0.3) is 5.91 Å². The summed E-state index contributed by atoms with van der Waals surface area (Å²) in [6, 6.07) is 3.91. The summed E-state index contributed by atoms with van der Waals surface area (Å²) in [6.07, 6.45) is -1.70. The number of carbonyl (C=O) groups excluding carboxylic acids is 1. The van der Waals surface area contributed by atoms with Crippen LogP contribution in [0, 0.1) is 5.82 Å². The minimum atomic E-state index is -1.70. The summed E-state index contributed by atoms with van der Waals surface area (Å²) in [7, 11) is 0. The van der Waals surface area contributed by atoms with E-state index in [1.54, 1.807) is 0 Å². The van der Waals surface area contributed by atoms with Crippen LogP contribution < -0.4 is 5.32 Å². The van der Waals surface area contributed by atoms with Gasteiger partial charge in [0.1, 0.15) is 5.82 Å². The zero-order valence-corrected chi connectivity index (χ0v) is 5.97. The fourth-order valence-electron chi connectivity index (χ4n) is 1.26. The maximum atomic E-state index is 12.9. The van der Waals surface area contributed by atoms with Gasteiger partial charge in [-0.1, -0.05) is 6.07 Å². The Bertz CT molecular complexity index is 351. The van der Waals surface area contributed by atoms with Gasteiger partial charge in [0.05, 0.1) is 11.1 Å². The molecule has 1 amide bonds. The smallest absolute Gasteiger partial charge is 0.254 e. The van der Waals surface area contributed by atoms with Gasteiger partial charge in [0.15, 0.2) is 0 Å². The average molecular weight is 169 g/mol. The van der Waals surface area contributed by atoms with Crippen LogP contribution in [-0.4, -0.2) is 5.91 Å². The highest BCUT2D eigenvalue weighted by atomic mass is 19.1. The van der Waals surface area contributed by atoms with Crippen molar-refractivity contribution >= 4 is 5.91 Å². The predicted octanol–water partition coefficient (Wildman–Crippen LogP) is 1.54. The number of fused-ring (bicyclic) bond motifs is 1. The molecule has 1 aliphatic rings. The highest BCUT2D eigenvalue weighted by molar-refractivity contribution is 5.98. The maximum Gasteiger partial charge on any atom is 0.254 e. The molecule has 0 spiro atoms. The molecule has 4 heteroatoms. The molecular weight excluding hydrogens is 164 g/mol. The van der Waals surface area contributed by atoms with Crippen molar-refractivity contribution in [1.29, 1.82) is 0 Å². The van der Waals surface area contributed by atoms with Crippen LogP contribution in [0.2, 0.25) is 0 Å². The third-order valence-corrected chi connectivity index (χ3v) is 1.81. The molecule has 62 valence electrons. The zero-order valence-electron chi connectivity index (χ0n) is 5.97. The molecule has 0 fully saturated rings. The summed E-state index contributed by atoms with van der Waals surface area (Å²) in [4.78, 5) is 10.9. The lowest BCUT2D eigenvalue weighted by atomic mass is 10.1. The van der Waals surface area contributed by atoms with Crippen LogP contribution in [0.4, 0.5) is 8.78 Å². The molecule has 0 saturated heterocycles. The van der Waals surface area contributed by atoms with Crippen LogP contribution in [0.5, 0.6) is 0 Å². The number of alkyl halides is 1. The Labute approximate surface area is 67.2 Å². The second kappa shape index (κ2) is 2.27. The van der Waals surface area contributed by atoms with Crippen molar-refractivity contribution in [2.45, 2.75) is 6.30 Å². The Morgan fingerprint density at radius 1 is 1.42 bits per heavy atom. The first-order valence-corrected chi connectivity index (χ1v) is 3.43. The third-order valence-electron chi connectivity index (χ3n) is 1.81. The highest BCUT2D eigenvalue weighted by Crippen LogP contribution is 2.28. The van der Waals surface area contributed by atoms with E-state index >= 15 is 0 Å². The summed E-state index contributed by atoms with van der Waals surface area (Å²) >= 11 is 0. The van der Waals surface area contributed by atoms with Crippen LogP contribution in [0.15, 0.2) is 18.2 Å². The maximum absolute atomic E-state index is 12.9. The van der Waals surface area contributed by atoms with E-state index in [-0.39, 0.29) is 11.1 Å². The molecule has 0 bridgehead atoms. The SMILES string of the molecule is O=C1NC(F)c2c(F)cccc21. The number of benzene rings is 1. The van der Waals surface area contributed by atoms with E-state index in [0.717, 1.165) is 6.07 Å². The second-order valence-electron chi connectivity index (χ2n) is 2.54. The fourth-order valence-corrected chi connectivity index (χ4v) is 1.26. The summed E-state index contributed by atoms with van der Waals surface area (Å²) in [6.45, 7) is 0. The van der Waals surface area contributed by atoms with Gasteiger partial charge in [-0.05, 0) is 12.1 Å². The quantitative estimate of drug-likeness (QED) is 0.586. The number of halogens is 2. The van der Waals surface area contributed by atoms with Gasteiger partial charge < -0.3 is 5.32 Å². The first-order valence-electron chi connectivity index (χ1n) is 3.43. The first-order chi connectivity index (χ1) is 5.70. The fraction of sp³-hybridized carbons (Fsp3) is 0.125. The van der Waals surface area contributed by atoms with Crippen LogP contribution in [-0.2, 0) is 0 Å². The van der Waals surface area contributed by atoms with Crippen molar-refractivity contribution in [1.82, 2.24) is 5.32 Å². The minimum Gasteiger partial charge on any atom is -0.318 e. The van der Waals surface area contributed by atoms with E-state index in [4.69, 9.17) is 0 Å². The van der Waals surface area contributed by atoms with Crippen LogP contribution >= 0.6 is 0 Å². The third kappa shape index (κ3) is 0.809. The Morgan fingerprint density at radius 2 is 2.17 bits per heavy atom. The molecule has 1 N–H and O–H groups in total. The van der Waals surface area contributed by atoms with Crippen molar-refractivity contribution in [3.05, 3.63) is 35.1 Å². The molecule has 1 heterocycles. The molecule has 2 nitrogen and oxygen atoms in total. The molecule has 0 aliphatic carbocycles. The van der Waals surface area contributed by atoms with E-state index in [2.05, 4.69) is 0 Å². The minimum absolute atomic E-state index is 0.0856. The lowest BCUT2D eigenvalue weighted by Crippen LogP contribution is -2.15. The molecule has 0 saturated carbocycles. The van der Waals surface area contributed by atoms with Gasteiger partial charge in [-0.25, -0.2) is 8.78 Å². The molecule has 1 atom stereocenters. The summed E-state index contributed by atoms with van der Waals surface area (Å²) in [5.41, 5.74) is -0.0926. The lowest BCUT2D eigenvalue weighted by molar-refractivity contribution is 0.0928. The summed E-state index contributed by atoms with van der Waals surface area (Å²) in [5, 5.41) is 1.98. The second-order valence-corrected chi connectivity index (χ2v) is 2.54. The van der Waals surface area contributed by atoms with E-state index in [9.17, 15) is 13.6 Å². The van der Waals surface area contributed by atoms with Gasteiger partial charge >= 0.3 is 0 Å². The molecule has 1 aliphatic heterocycles. The topological polar surface area (TPSA) is 29.1 Å². The Balaban J connectivity index is 2.67. The largest absolute Gasteiger partial charge is 0.318 e. The van der Waals surface area contributed by atoms with Crippen molar-refractivity contribution in [2.24, 2.45) is 0 Å². The highest BCUT2D eigenvalue weighted by Gasteiger charge is 2.30. The molecule has 2 rings (SSSR count). The van der Waals surface area contributed by atoms with Crippen molar-refractivity contribution in [3.8, 4) is 0 Å². The molecule has 0 aromatic heterocycles. The molecular formula is C8H5F2NO. The summed E-state index contributed by atoms with van der Waals surface area (Å²) in [5.74, 6) is -1.24. The van der Waals surface area contributed by atoms with Crippen LogP contribution in [0.1, 0.15) is 22.2 Å². The number of carbonyl (C=O) groups is 1. The predicted molar refractivity (Wildman–Crippen MR) is 37.7 cm³/mol. The van der Waals surface area contributed by atoms with E-state index < -0.39 is 18.0 Å². The standard InChI is InChI=1S/C8H5F2NO/c9-5-3-1-2-4-6(5)7(10)11-8(4)12/h1-3,7H,(H,11,12). The van der Waals surface area contributed by atoms with E-state index in [0.29, 0.717) is 0 Å². The van der Waals surface area contributed by atoms with Crippen molar-refractivity contribution in [3.63, 3.8) is 0 Å². The number of nitrogens with one attached hydrogen (secondary N) is 1. The van der Waals surface area contributed by atoms with Gasteiger partial charge in [-0.15, -0.1) is 0 Å². The number of hydrogen-bond donors (Lipinski definition) is 1. The number of rotatable bonds is 0. The van der Waals surface area contributed by atoms with Crippen LogP contribution in [0.3, 0.4) is 0 Å². The Hall–Kier alpha value is -1.45. The van der Waals surface area contributed by atoms with Crippen molar-refractivity contribution in [2.75, 3.05) is 0 Å². The summed E-state index contributed by atoms with van der Waals surface area (Å²) < 4.78 is 25.7. The van der Waals surface area contributed by atoms with E-state index in [1.807, 2.05) is 5.32 Å².